The van der Waals surface area contributed by atoms with Crippen LogP contribution in [0.5, 0.6) is 0 Å². The summed E-state index contributed by atoms with van der Waals surface area (Å²) in [6, 6.07) is 4.13. The highest BCUT2D eigenvalue weighted by molar-refractivity contribution is 5.14. The fourth-order valence-electron chi connectivity index (χ4n) is 2.33. The molecule has 1 fully saturated rings. The van der Waals surface area contributed by atoms with Gasteiger partial charge in [0.1, 0.15) is 0 Å². The SMILES string of the molecule is CC(C)c1ccc(=O)n(C2CCCC2)c1. The molecule has 0 radical (unpaired) electrons. The molecule has 0 aliphatic heterocycles. The zero-order chi connectivity index (χ0) is 10.8. The standard InChI is InChI=1S/C13H19NO/c1-10(2)11-7-8-13(15)14(9-11)12-5-3-4-6-12/h7-10,12H,3-6H2,1-2H3. The topological polar surface area (TPSA) is 22.0 Å². The Bertz CT molecular complexity index is 386. The van der Waals surface area contributed by atoms with Crippen LogP contribution in [-0.4, -0.2) is 4.57 Å². The maximum absolute atomic E-state index is 11.7. The Morgan fingerprint density at radius 2 is 1.93 bits per heavy atom. The van der Waals surface area contributed by atoms with Gasteiger partial charge in [0.15, 0.2) is 0 Å². The molecule has 1 aliphatic rings. The van der Waals surface area contributed by atoms with Crippen molar-refractivity contribution in [3.63, 3.8) is 0 Å². The number of rotatable bonds is 2. The minimum Gasteiger partial charge on any atom is -0.312 e. The van der Waals surface area contributed by atoms with Gasteiger partial charge in [0.05, 0.1) is 0 Å². The molecule has 0 spiro atoms. The van der Waals surface area contributed by atoms with Crippen LogP contribution in [0.25, 0.3) is 0 Å². The Balaban J connectivity index is 2.36. The van der Waals surface area contributed by atoms with Gasteiger partial charge in [0.2, 0.25) is 0 Å². The van der Waals surface area contributed by atoms with E-state index in [4.69, 9.17) is 0 Å². The van der Waals surface area contributed by atoms with E-state index in [1.54, 1.807) is 6.07 Å². The summed E-state index contributed by atoms with van der Waals surface area (Å²) in [7, 11) is 0. The third-order valence-electron chi connectivity index (χ3n) is 3.35. The molecule has 2 rings (SSSR count). The van der Waals surface area contributed by atoms with E-state index in [-0.39, 0.29) is 5.56 Å². The normalized spacial score (nSPS) is 17.5. The molecule has 1 aliphatic carbocycles. The van der Waals surface area contributed by atoms with Gasteiger partial charge in [0.25, 0.3) is 5.56 Å². The van der Waals surface area contributed by atoms with E-state index in [1.807, 2.05) is 10.6 Å². The summed E-state index contributed by atoms with van der Waals surface area (Å²) in [5, 5.41) is 0. The molecule has 1 saturated carbocycles. The van der Waals surface area contributed by atoms with Crippen LogP contribution >= 0.6 is 0 Å². The Morgan fingerprint density at radius 1 is 1.27 bits per heavy atom. The van der Waals surface area contributed by atoms with Crippen LogP contribution in [-0.2, 0) is 0 Å². The Morgan fingerprint density at radius 3 is 2.53 bits per heavy atom. The Labute approximate surface area is 90.9 Å². The van der Waals surface area contributed by atoms with Gasteiger partial charge in [-0.25, -0.2) is 0 Å². The van der Waals surface area contributed by atoms with E-state index >= 15 is 0 Å². The quantitative estimate of drug-likeness (QED) is 0.727. The van der Waals surface area contributed by atoms with Crippen LogP contribution in [0.3, 0.4) is 0 Å². The number of aromatic nitrogens is 1. The number of nitrogens with zero attached hydrogens (tertiary/aromatic N) is 1. The van der Waals surface area contributed by atoms with Crippen molar-refractivity contribution in [2.24, 2.45) is 0 Å². The minimum atomic E-state index is 0.159. The van der Waals surface area contributed by atoms with E-state index in [1.165, 1.54) is 31.2 Å². The Hall–Kier alpha value is -1.05. The lowest BCUT2D eigenvalue weighted by atomic mass is 10.1. The molecule has 1 aromatic rings. The fourth-order valence-corrected chi connectivity index (χ4v) is 2.33. The second kappa shape index (κ2) is 4.21. The van der Waals surface area contributed by atoms with Crippen molar-refractivity contribution in [2.75, 3.05) is 0 Å². The Kier molecular flexibility index (Phi) is 2.94. The monoisotopic (exact) mass is 205 g/mol. The molecule has 0 unspecified atom stereocenters. The highest BCUT2D eigenvalue weighted by Gasteiger charge is 2.17. The summed E-state index contributed by atoms with van der Waals surface area (Å²) in [6.07, 6.45) is 6.93. The molecule has 1 aromatic heterocycles. The summed E-state index contributed by atoms with van der Waals surface area (Å²) in [5.74, 6) is 0.498. The third kappa shape index (κ3) is 2.14. The molecule has 0 amide bonds. The first-order valence-electron chi connectivity index (χ1n) is 5.90. The van der Waals surface area contributed by atoms with Gasteiger partial charge >= 0.3 is 0 Å². The van der Waals surface area contributed by atoms with Crippen LogP contribution in [0.2, 0.25) is 0 Å². The molecule has 2 nitrogen and oxygen atoms in total. The molecule has 0 atom stereocenters. The van der Waals surface area contributed by atoms with Crippen molar-refractivity contribution < 1.29 is 0 Å². The van der Waals surface area contributed by atoms with E-state index < -0.39 is 0 Å². The molecule has 0 aromatic carbocycles. The van der Waals surface area contributed by atoms with Crippen molar-refractivity contribution in [1.29, 1.82) is 0 Å². The van der Waals surface area contributed by atoms with Gasteiger partial charge in [-0.2, -0.15) is 0 Å². The summed E-state index contributed by atoms with van der Waals surface area (Å²) in [4.78, 5) is 11.7. The second-order valence-corrected chi connectivity index (χ2v) is 4.80. The van der Waals surface area contributed by atoms with E-state index in [9.17, 15) is 4.79 Å². The largest absolute Gasteiger partial charge is 0.312 e. The molecule has 1 heterocycles. The lowest BCUT2D eigenvalue weighted by Crippen LogP contribution is -2.22. The number of pyridine rings is 1. The highest BCUT2D eigenvalue weighted by atomic mass is 16.1. The van der Waals surface area contributed by atoms with Gasteiger partial charge < -0.3 is 4.57 Å². The number of hydrogen-bond donors (Lipinski definition) is 0. The smallest absolute Gasteiger partial charge is 0.250 e. The molecule has 15 heavy (non-hydrogen) atoms. The fraction of sp³-hybridized carbons (Fsp3) is 0.615. The van der Waals surface area contributed by atoms with Gasteiger partial charge in [-0.15, -0.1) is 0 Å². The third-order valence-corrected chi connectivity index (χ3v) is 3.35. The lowest BCUT2D eigenvalue weighted by molar-refractivity contribution is 0.498. The summed E-state index contributed by atoms with van der Waals surface area (Å²) in [6.45, 7) is 4.33. The van der Waals surface area contributed by atoms with E-state index in [2.05, 4.69) is 20.0 Å². The van der Waals surface area contributed by atoms with Crippen LogP contribution in [0, 0.1) is 0 Å². The molecule has 82 valence electrons. The zero-order valence-corrected chi connectivity index (χ0v) is 9.57. The predicted molar refractivity (Wildman–Crippen MR) is 62.3 cm³/mol. The molecule has 0 N–H and O–H groups in total. The first-order valence-corrected chi connectivity index (χ1v) is 5.90. The van der Waals surface area contributed by atoms with E-state index in [0.29, 0.717) is 12.0 Å². The summed E-state index contributed by atoms with van der Waals surface area (Å²) < 4.78 is 1.95. The lowest BCUT2D eigenvalue weighted by Gasteiger charge is -2.15. The average molecular weight is 205 g/mol. The van der Waals surface area contributed by atoms with Gasteiger partial charge in [-0.05, 0) is 24.3 Å². The van der Waals surface area contributed by atoms with Crippen LogP contribution in [0.4, 0.5) is 0 Å². The maximum Gasteiger partial charge on any atom is 0.250 e. The van der Waals surface area contributed by atoms with Crippen LogP contribution in [0.15, 0.2) is 23.1 Å². The highest BCUT2D eigenvalue weighted by Crippen LogP contribution is 2.28. The van der Waals surface area contributed by atoms with Gasteiger partial charge in [0, 0.05) is 18.3 Å². The first-order chi connectivity index (χ1) is 7.18. The second-order valence-electron chi connectivity index (χ2n) is 4.80. The van der Waals surface area contributed by atoms with Crippen molar-refractivity contribution in [3.8, 4) is 0 Å². The molecular weight excluding hydrogens is 186 g/mol. The maximum atomic E-state index is 11.7. The summed E-state index contributed by atoms with van der Waals surface area (Å²) in [5.41, 5.74) is 1.42. The predicted octanol–water partition coefficient (Wildman–Crippen LogP) is 3.09. The average Bonchev–Trinajstić information content (AvgIpc) is 2.71. The zero-order valence-electron chi connectivity index (χ0n) is 9.57. The van der Waals surface area contributed by atoms with Crippen LogP contribution < -0.4 is 5.56 Å². The number of hydrogen-bond acceptors (Lipinski definition) is 1. The summed E-state index contributed by atoms with van der Waals surface area (Å²) >= 11 is 0. The molecule has 0 saturated heterocycles. The molecular formula is C13H19NO. The van der Waals surface area contributed by atoms with Gasteiger partial charge in [-0.3, -0.25) is 4.79 Å². The van der Waals surface area contributed by atoms with Crippen LogP contribution in [0.1, 0.15) is 57.1 Å². The van der Waals surface area contributed by atoms with Crippen molar-refractivity contribution in [3.05, 3.63) is 34.2 Å². The van der Waals surface area contributed by atoms with Crippen molar-refractivity contribution in [2.45, 2.75) is 51.5 Å². The minimum absolute atomic E-state index is 0.159. The van der Waals surface area contributed by atoms with Crippen molar-refractivity contribution in [1.82, 2.24) is 4.57 Å². The molecule has 2 heteroatoms. The van der Waals surface area contributed by atoms with Gasteiger partial charge in [-0.1, -0.05) is 32.8 Å². The van der Waals surface area contributed by atoms with E-state index in [0.717, 1.165) is 0 Å². The van der Waals surface area contributed by atoms with Crippen molar-refractivity contribution >= 4 is 0 Å². The first kappa shape index (κ1) is 10.5. The molecule has 0 bridgehead atoms.